The van der Waals surface area contributed by atoms with Crippen LogP contribution in [0.25, 0.3) is 16.3 Å². The summed E-state index contributed by atoms with van der Waals surface area (Å²) >= 11 is 5.91. The fourth-order valence-corrected chi connectivity index (χ4v) is 2.73. The lowest BCUT2D eigenvalue weighted by atomic mass is 10.0. The molecule has 1 aromatic carbocycles. The zero-order valence-corrected chi connectivity index (χ0v) is 14.3. The van der Waals surface area contributed by atoms with Gasteiger partial charge in [-0.15, -0.1) is 0 Å². The van der Waals surface area contributed by atoms with Gasteiger partial charge in [-0.1, -0.05) is 30.3 Å². The Balaban J connectivity index is 2.58. The van der Waals surface area contributed by atoms with Crippen LogP contribution in [-0.4, -0.2) is 29.9 Å². The monoisotopic (exact) mass is 375 g/mol. The molecule has 0 aliphatic heterocycles. The van der Waals surface area contributed by atoms with Crippen LogP contribution in [0.3, 0.4) is 0 Å². The fraction of sp³-hybridized carbons (Fsp3) is 0.353. The van der Waals surface area contributed by atoms with Gasteiger partial charge in [-0.05, 0) is 32.0 Å². The van der Waals surface area contributed by atoms with E-state index in [2.05, 4.69) is 16.9 Å². The zero-order valence-electron chi connectivity index (χ0n) is 13.5. The third-order valence-electron chi connectivity index (χ3n) is 3.84. The van der Waals surface area contributed by atoms with Gasteiger partial charge in [0, 0.05) is 16.5 Å². The van der Waals surface area contributed by atoms with Gasteiger partial charge in [0.1, 0.15) is 11.3 Å². The summed E-state index contributed by atoms with van der Waals surface area (Å²) in [5.74, 6) is 0. The van der Waals surface area contributed by atoms with Crippen LogP contribution in [0.1, 0.15) is 19.0 Å². The zero-order chi connectivity index (χ0) is 18.8. The summed E-state index contributed by atoms with van der Waals surface area (Å²) in [6.45, 7) is 4.76. The molecular formula is C17H18ClF4N3. The lowest BCUT2D eigenvalue weighted by molar-refractivity contribution is -0.0688. The van der Waals surface area contributed by atoms with Crippen LogP contribution >= 0.6 is 11.6 Å². The van der Waals surface area contributed by atoms with Crippen LogP contribution < -0.4 is 11.1 Å². The summed E-state index contributed by atoms with van der Waals surface area (Å²) in [6.07, 6.45) is -5.46. The first-order valence-electron chi connectivity index (χ1n) is 7.61. The number of nitrogens with zero attached hydrogens (tertiary/aromatic N) is 1. The SMILES string of the molecule is C=C(c1nc(Cl)cc2c(NC(CCN)C(C)F)cccc12)C(F)(F)F. The van der Waals surface area contributed by atoms with Crippen LogP contribution in [0.2, 0.25) is 5.15 Å². The van der Waals surface area contributed by atoms with Gasteiger partial charge in [0.25, 0.3) is 0 Å². The maximum atomic E-state index is 13.8. The van der Waals surface area contributed by atoms with Gasteiger partial charge in [0.05, 0.1) is 17.3 Å². The smallest absolute Gasteiger partial charge is 0.379 e. The fourth-order valence-electron chi connectivity index (χ4n) is 2.53. The number of allylic oxidation sites excluding steroid dienone is 1. The number of fused-ring (bicyclic) bond motifs is 1. The number of aromatic nitrogens is 1. The molecule has 0 saturated carbocycles. The molecular weight excluding hydrogens is 358 g/mol. The first-order valence-corrected chi connectivity index (χ1v) is 7.99. The predicted octanol–water partition coefficient (Wildman–Crippen LogP) is 4.95. The van der Waals surface area contributed by atoms with E-state index < -0.39 is 24.0 Å². The van der Waals surface area contributed by atoms with Crippen molar-refractivity contribution in [1.82, 2.24) is 4.98 Å². The summed E-state index contributed by atoms with van der Waals surface area (Å²) in [4.78, 5) is 3.78. The van der Waals surface area contributed by atoms with E-state index in [1.807, 2.05) is 0 Å². The van der Waals surface area contributed by atoms with E-state index in [0.29, 0.717) is 17.5 Å². The molecule has 2 atom stereocenters. The minimum Gasteiger partial charge on any atom is -0.379 e. The molecule has 0 aliphatic carbocycles. The predicted molar refractivity (Wildman–Crippen MR) is 93.5 cm³/mol. The number of nitrogens with two attached hydrogens (primary N) is 1. The Bertz CT molecular complexity index is 774. The normalized spacial score (nSPS) is 14.4. The number of pyridine rings is 1. The molecule has 2 unspecified atom stereocenters. The van der Waals surface area contributed by atoms with Crippen molar-refractivity contribution in [3.63, 3.8) is 0 Å². The summed E-state index contributed by atoms with van der Waals surface area (Å²) in [5.41, 5.74) is 4.52. The van der Waals surface area contributed by atoms with Crippen molar-refractivity contribution in [2.45, 2.75) is 31.7 Å². The highest BCUT2D eigenvalue weighted by atomic mass is 35.5. The van der Waals surface area contributed by atoms with Gasteiger partial charge in [0.2, 0.25) is 0 Å². The Morgan fingerprint density at radius 2 is 2.04 bits per heavy atom. The Hall–Kier alpha value is -1.86. The highest BCUT2D eigenvalue weighted by molar-refractivity contribution is 6.30. The van der Waals surface area contributed by atoms with Crippen LogP contribution in [0, 0.1) is 0 Å². The van der Waals surface area contributed by atoms with Crippen LogP contribution in [-0.2, 0) is 0 Å². The minimum absolute atomic E-state index is 0.106. The molecule has 8 heteroatoms. The minimum atomic E-state index is -4.64. The molecule has 2 rings (SSSR count). The van der Waals surface area contributed by atoms with Crippen LogP contribution in [0.15, 0.2) is 30.8 Å². The summed E-state index contributed by atoms with van der Waals surface area (Å²) in [6, 6.07) is 5.57. The highest BCUT2D eigenvalue weighted by Gasteiger charge is 2.35. The molecule has 136 valence electrons. The molecule has 0 saturated heterocycles. The first-order chi connectivity index (χ1) is 11.6. The maximum absolute atomic E-state index is 13.8. The van der Waals surface area contributed by atoms with Gasteiger partial charge in [-0.25, -0.2) is 9.37 Å². The third-order valence-corrected chi connectivity index (χ3v) is 4.04. The number of hydrogen-bond acceptors (Lipinski definition) is 3. The Kier molecular flexibility index (Phi) is 5.90. The Morgan fingerprint density at radius 1 is 1.36 bits per heavy atom. The molecule has 0 bridgehead atoms. The maximum Gasteiger partial charge on any atom is 0.417 e. The molecule has 0 aliphatic rings. The average Bonchev–Trinajstić information content (AvgIpc) is 2.52. The van der Waals surface area contributed by atoms with Crippen LogP contribution in [0.4, 0.5) is 23.2 Å². The van der Waals surface area contributed by atoms with E-state index in [1.165, 1.54) is 19.1 Å². The van der Waals surface area contributed by atoms with E-state index in [9.17, 15) is 17.6 Å². The van der Waals surface area contributed by atoms with E-state index in [0.717, 1.165) is 0 Å². The topological polar surface area (TPSA) is 50.9 Å². The van der Waals surface area contributed by atoms with Crippen molar-refractivity contribution >= 4 is 33.6 Å². The van der Waals surface area contributed by atoms with Gasteiger partial charge < -0.3 is 11.1 Å². The van der Waals surface area contributed by atoms with Crippen molar-refractivity contribution in [3.05, 3.63) is 41.7 Å². The number of hydrogen-bond donors (Lipinski definition) is 2. The molecule has 3 nitrogen and oxygen atoms in total. The molecule has 2 aromatic rings. The van der Waals surface area contributed by atoms with Gasteiger partial charge in [-0.2, -0.15) is 13.2 Å². The third kappa shape index (κ3) is 4.41. The molecule has 0 fully saturated rings. The Morgan fingerprint density at radius 3 is 2.60 bits per heavy atom. The van der Waals surface area contributed by atoms with Gasteiger partial charge >= 0.3 is 6.18 Å². The number of anilines is 1. The van der Waals surface area contributed by atoms with E-state index in [1.54, 1.807) is 12.1 Å². The van der Waals surface area contributed by atoms with E-state index in [4.69, 9.17) is 17.3 Å². The summed E-state index contributed by atoms with van der Waals surface area (Å²) < 4.78 is 52.9. The number of alkyl halides is 4. The lowest BCUT2D eigenvalue weighted by Gasteiger charge is -2.22. The second kappa shape index (κ2) is 7.58. The molecule has 0 spiro atoms. The molecule has 25 heavy (non-hydrogen) atoms. The Labute approximate surface area is 147 Å². The van der Waals surface area contributed by atoms with E-state index >= 15 is 0 Å². The molecule has 1 heterocycles. The summed E-state index contributed by atoms with van der Waals surface area (Å²) in [5, 5.41) is 3.54. The lowest BCUT2D eigenvalue weighted by Crippen LogP contribution is -2.31. The number of nitrogens with one attached hydrogen (secondary N) is 1. The van der Waals surface area contributed by atoms with Crippen molar-refractivity contribution in [2.75, 3.05) is 11.9 Å². The second-order valence-corrected chi connectivity index (χ2v) is 6.06. The molecule has 0 radical (unpaired) electrons. The standard InChI is InChI=1S/C17H18ClF4N3/c1-9(17(20,21)22)16-11-4-3-5-14(12(11)8-15(18)25-16)24-13(6-7-23)10(2)19/h3-5,8,10,13,24H,1,6-7,23H2,2H3. The summed E-state index contributed by atoms with van der Waals surface area (Å²) in [7, 11) is 0. The molecule has 3 N–H and O–H groups in total. The second-order valence-electron chi connectivity index (χ2n) is 5.68. The van der Waals surface area contributed by atoms with E-state index in [-0.39, 0.29) is 22.8 Å². The van der Waals surface area contributed by atoms with Crippen molar-refractivity contribution in [3.8, 4) is 0 Å². The number of rotatable bonds is 6. The van der Waals surface area contributed by atoms with Gasteiger partial charge in [-0.3, -0.25) is 0 Å². The van der Waals surface area contributed by atoms with Crippen molar-refractivity contribution in [1.29, 1.82) is 0 Å². The number of benzene rings is 1. The molecule has 1 aromatic heterocycles. The van der Waals surface area contributed by atoms with Gasteiger partial charge in [0.15, 0.2) is 0 Å². The number of halogens is 5. The van der Waals surface area contributed by atoms with Crippen molar-refractivity contribution < 1.29 is 17.6 Å². The average molecular weight is 376 g/mol. The van der Waals surface area contributed by atoms with Crippen molar-refractivity contribution in [2.24, 2.45) is 5.73 Å². The highest BCUT2D eigenvalue weighted by Crippen LogP contribution is 2.37. The van der Waals surface area contributed by atoms with Crippen LogP contribution in [0.5, 0.6) is 0 Å². The quantitative estimate of drug-likeness (QED) is 0.554. The first kappa shape index (κ1) is 19.5. The largest absolute Gasteiger partial charge is 0.417 e. The molecule has 0 amide bonds.